The lowest BCUT2D eigenvalue weighted by Crippen LogP contribution is -2.21. The maximum atomic E-state index is 10.5. The molecule has 2 aromatic heterocycles. The molecule has 24 heavy (non-hydrogen) atoms. The molecule has 0 radical (unpaired) electrons. The second kappa shape index (κ2) is 8.58. The Hall–Kier alpha value is -2.22. The van der Waals surface area contributed by atoms with Crippen molar-refractivity contribution >= 4 is 23.0 Å². The van der Waals surface area contributed by atoms with Gasteiger partial charge in [-0.15, -0.1) is 0 Å². The number of nitrogens with two attached hydrogens (primary N) is 1. The van der Waals surface area contributed by atoms with E-state index in [4.69, 9.17) is 10.8 Å². The maximum absolute atomic E-state index is 10.5. The van der Waals surface area contributed by atoms with Gasteiger partial charge in [-0.05, 0) is 19.8 Å². The number of aromatic nitrogens is 4. The molecule has 0 aliphatic carbocycles. The van der Waals surface area contributed by atoms with Gasteiger partial charge >= 0.3 is 5.97 Å². The Morgan fingerprint density at radius 2 is 1.92 bits per heavy atom. The zero-order valence-corrected chi connectivity index (χ0v) is 13.9. The number of rotatable bonds is 10. The Balaban J connectivity index is 1.90. The van der Waals surface area contributed by atoms with Crippen molar-refractivity contribution in [2.24, 2.45) is 0 Å². The first-order chi connectivity index (χ1) is 11.5. The zero-order chi connectivity index (χ0) is 17.5. The lowest BCUT2D eigenvalue weighted by molar-refractivity contribution is -0.137. The summed E-state index contributed by atoms with van der Waals surface area (Å²) in [5, 5.41) is 18.7. The van der Waals surface area contributed by atoms with Crippen LogP contribution in [0.15, 0.2) is 12.7 Å². The summed E-state index contributed by atoms with van der Waals surface area (Å²) in [6.45, 7) is 1.76. The summed E-state index contributed by atoms with van der Waals surface area (Å²) in [5.41, 5.74) is 6.99. The number of fused-ring (bicyclic) bond motifs is 1. The van der Waals surface area contributed by atoms with E-state index in [-0.39, 0.29) is 12.5 Å². The van der Waals surface area contributed by atoms with Crippen molar-refractivity contribution in [3.63, 3.8) is 0 Å². The smallest absolute Gasteiger partial charge is 0.303 e. The minimum Gasteiger partial charge on any atom is -0.481 e. The number of imidazole rings is 1. The van der Waals surface area contributed by atoms with Gasteiger partial charge in [-0.1, -0.05) is 25.7 Å². The number of aliphatic hydroxyl groups is 1. The minimum absolute atomic E-state index is 0.122. The van der Waals surface area contributed by atoms with E-state index in [1.54, 1.807) is 13.3 Å². The summed E-state index contributed by atoms with van der Waals surface area (Å²) < 4.78 is 1.86. The summed E-state index contributed by atoms with van der Waals surface area (Å²) >= 11 is 0. The topological polar surface area (TPSA) is 127 Å². The van der Waals surface area contributed by atoms with Crippen LogP contribution in [0.5, 0.6) is 0 Å². The molecule has 2 rings (SSSR count). The fraction of sp³-hybridized carbons (Fsp3) is 0.625. The summed E-state index contributed by atoms with van der Waals surface area (Å²) in [7, 11) is 0. The van der Waals surface area contributed by atoms with Crippen LogP contribution in [0.3, 0.4) is 0 Å². The van der Waals surface area contributed by atoms with Crippen LogP contribution in [0.2, 0.25) is 0 Å². The Bertz CT molecular complexity index is 671. The van der Waals surface area contributed by atoms with E-state index < -0.39 is 12.1 Å². The average Bonchev–Trinajstić information content (AvgIpc) is 2.94. The Kier molecular flexibility index (Phi) is 6.48. The quantitative estimate of drug-likeness (QED) is 0.568. The highest BCUT2D eigenvalue weighted by Gasteiger charge is 2.20. The van der Waals surface area contributed by atoms with E-state index in [9.17, 15) is 9.90 Å². The number of nitrogens with zero attached hydrogens (tertiary/aromatic N) is 4. The van der Waals surface area contributed by atoms with Crippen LogP contribution in [-0.4, -0.2) is 41.8 Å². The van der Waals surface area contributed by atoms with Crippen LogP contribution in [0, 0.1) is 0 Å². The molecule has 2 aromatic rings. The fourth-order valence-electron chi connectivity index (χ4n) is 2.89. The molecule has 0 aliphatic heterocycles. The number of hydrogen-bond donors (Lipinski definition) is 3. The number of carboxylic acids is 1. The lowest BCUT2D eigenvalue weighted by Gasteiger charge is -2.21. The minimum atomic E-state index is -0.739. The van der Waals surface area contributed by atoms with Gasteiger partial charge in [0.05, 0.1) is 18.5 Å². The van der Waals surface area contributed by atoms with Crippen molar-refractivity contribution in [1.29, 1.82) is 0 Å². The Morgan fingerprint density at radius 1 is 1.21 bits per heavy atom. The highest BCUT2D eigenvalue weighted by atomic mass is 16.4. The maximum Gasteiger partial charge on any atom is 0.303 e. The molecule has 0 spiro atoms. The molecule has 0 saturated heterocycles. The lowest BCUT2D eigenvalue weighted by atomic mass is 10.0. The third-order valence-corrected chi connectivity index (χ3v) is 4.19. The second-order valence-electron chi connectivity index (χ2n) is 6.09. The summed E-state index contributed by atoms with van der Waals surface area (Å²) in [5.74, 6) is -0.404. The van der Waals surface area contributed by atoms with Gasteiger partial charge in [0.1, 0.15) is 11.8 Å². The molecule has 132 valence electrons. The largest absolute Gasteiger partial charge is 0.481 e. The van der Waals surface area contributed by atoms with E-state index in [2.05, 4.69) is 15.0 Å². The monoisotopic (exact) mass is 335 g/mol. The highest BCUT2D eigenvalue weighted by Crippen LogP contribution is 2.25. The van der Waals surface area contributed by atoms with Crippen LogP contribution in [0.25, 0.3) is 11.2 Å². The number of hydrogen-bond acceptors (Lipinski definition) is 6. The van der Waals surface area contributed by atoms with Gasteiger partial charge in [0.2, 0.25) is 0 Å². The van der Waals surface area contributed by atoms with Crippen LogP contribution in [0.4, 0.5) is 5.82 Å². The number of aliphatic carboxylic acids is 1. The molecule has 8 nitrogen and oxygen atoms in total. The standard InChI is InChI=1S/C16H25N5O3/c1-11(22)12(7-5-3-2-4-6-8-13(23)24)21-10-20-14-15(17)18-9-19-16(14)21/h9-12,22H,2-8H2,1H3,(H,23,24)(H2,17,18,19). The van der Waals surface area contributed by atoms with Gasteiger partial charge in [-0.2, -0.15) is 0 Å². The average molecular weight is 335 g/mol. The molecule has 2 atom stereocenters. The van der Waals surface area contributed by atoms with Crippen molar-refractivity contribution in [1.82, 2.24) is 19.5 Å². The molecule has 2 unspecified atom stereocenters. The molecule has 8 heteroatoms. The van der Waals surface area contributed by atoms with E-state index in [0.717, 1.165) is 38.5 Å². The SMILES string of the molecule is CC(O)C(CCCCCCCC(=O)O)n1cnc2c(N)ncnc21. The molecule has 0 bridgehead atoms. The van der Waals surface area contributed by atoms with Gasteiger partial charge < -0.3 is 20.5 Å². The van der Waals surface area contributed by atoms with Gasteiger partial charge in [-0.25, -0.2) is 15.0 Å². The van der Waals surface area contributed by atoms with Crippen LogP contribution >= 0.6 is 0 Å². The molecular formula is C16H25N5O3. The molecule has 0 aromatic carbocycles. The number of nitrogen functional groups attached to an aromatic ring is 1. The fourth-order valence-corrected chi connectivity index (χ4v) is 2.89. The van der Waals surface area contributed by atoms with E-state index in [1.165, 1.54) is 6.33 Å². The van der Waals surface area contributed by atoms with Crippen LogP contribution in [0.1, 0.15) is 57.9 Å². The van der Waals surface area contributed by atoms with E-state index in [0.29, 0.717) is 17.0 Å². The highest BCUT2D eigenvalue weighted by molar-refractivity contribution is 5.81. The molecule has 4 N–H and O–H groups in total. The number of aliphatic hydroxyl groups excluding tert-OH is 1. The van der Waals surface area contributed by atoms with Crippen molar-refractivity contribution in [3.05, 3.63) is 12.7 Å². The first kappa shape index (κ1) is 18.1. The van der Waals surface area contributed by atoms with E-state index in [1.807, 2.05) is 4.57 Å². The normalized spacial score (nSPS) is 13.9. The zero-order valence-electron chi connectivity index (χ0n) is 13.9. The van der Waals surface area contributed by atoms with Crippen molar-refractivity contribution < 1.29 is 15.0 Å². The van der Waals surface area contributed by atoms with Gasteiger partial charge in [0.25, 0.3) is 0 Å². The summed E-state index contributed by atoms with van der Waals surface area (Å²) in [6.07, 6.45) is 8.14. The van der Waals surface area contributed by atoms with Crippen molar-refractivity contribution in [3.8, 4) is 0 Å². The molecule has 0 aliphatic rings. The van der Waals surface area contributed by atoms with Crippen LogP contribution < -0.4 is 5.73 Å². The number of anilines is 1. The molecular weight excluding hydrogens is 310 g/mol. The molecule has 0 fully saturated rings. The Morgan fingerprint density at radius 3 is 2.62 bits per heavy atom. The third-order valence-electron chi connectivity index (χ3n) is 4.19. The summed E-state index contributed by atoms with van der Waals surface area (Å²) in [6, 6.07) is -0.122. The van der Waals surface area contributed by atoms with Gasteiger partial charge in [0, 0.05) is 6.42 Å². The van der Waals surface area contributed by atoms with Crippen LogP contribution in [-0.2, 0) is 4.79 Å². The number of carbonyl (C=O) groups is 1. The van der Waals surface area contributed by atoms with Crippen molar-refractivity contribution in [2.75, 3.05) is 5.73 Å². The molecule has 0 saturated carbocycles. The van der Waals surface area contributed by atoms with E-state index >= 15 is 0 Å². The third kappa shape index (κ3) is 4.64. The second-order valence-corrected chi connectivity index (χ2v) is 6.09. The number of carboxylic acid groups (broad SMARTS) is 1. The molecule has 0 amide bonds. The molecule has 2 heterocycles. The van der Waals surface area contributed by atoms with Crippen molar-refractivity contribution in [2.45, 2.75) is 64.0 Å². The first-order valence-corrected chi connectivity index (χ1v) is 8.33. The Labute approximate surface area is 140 Å². The van der Waals surface area contributed by atoms with Gasteiger partial charge in [0.15, 0.2) is 11.5 Å². The number of unbranched alkanes of at least 4 members (excludes halogenated alkanes) is 4. The van der Waals surface area contributed by atoms with Gasteiger partial charge in [-0.3, -0.25) is 4.79 Å². The first-order valence-electron chi connectivity index (χ1n) is 8.33. The summed E-state index contributed by atoms with van der Waals surface area (Å²) in [4.78, 5) is 22.9. The predicted molar refractivity (Wildman–Crippen MR) is 90.4 cm³/mol. The predicted octanol–water partition coefficient (Wildman–Crippen LogP) is 2.15.